The number of halogens is 1. The highest BCUT2D eigenvalue weighted by Gasteiger charge is 2.19. The van der Waals surface area contributed by atoms with E-state index in [9.17, 15) is 0 Å². The van der Waals surface area contributed by atoms with Crippen LogP contribution in [0.25, 0.3) is 0 Å². The summed E-state index contributed by atoms with van der Waals surface area (Å²) in [5, 5.41) is 11.9. The zero-order chi connectivity index (χ0) is 13.8. The molecule has 0 saturated heterocycles. The van der Waals surface area contributed by atoms with Crippen molar-refractivity contribution in [2.24, 2.45) is 7.05 Å². The molecule has 0 saturated carbocycles. The molecule has 19 heavy (non-hydrogen) atoms. The highest BCUT2D eigenvalue weighted by molar-refractivity contribution is 9.10. The van der Waals surface area contributed by atoms with Gasteiger partial charge in [-0.15, -0.1) is 5.10 Å². The summed E-state index contributed by atoms with van der Waals surface area (Å²) in [7, 11) is 1.99. The van der Waals surface area contributed by atoms with E-state index in [1.54, 1.807) is 0 Å². The van der Waals surface area contributed by atoms with Crippen LogP contribution in [0.5, 0.6) is 0 Å². The minimum atomic E-state index is 0.237. The van der Waals surface area contributed by atoms with Gasteiger partial charge < -0.3 is 5.32 Å². The Morgan fingerprint density at radius 3 is 2.79 bits per heavy atom. The van der Waals surface area contributed by atoms with Crippen molar-refractivity contribution < 1.29 is 0 Å². The molecule has 2 aromatic rings. The lowest BCUT2D eigenvalue weighted by Gasteiger charge is -2.15. The number of aryl methyl sites for hydroxylation is 2. The van der Waals surface area contributed by atoms with Gasteiger partial charge in [-0.2, -0.15) is 5.10 Å². The minimum absolute atomic E-state index is 0.237. The molecule has 2 rings (SSSR count). The first kappa shape index (κ1) is 14.6. The van der Waals surface area contributed by atoms with E-state index in [0.717, 1.165) is 34.4 Å². The molecule has 104 valence electrons. The van der Waals surface area contributed by atoms with Gasteiger partial charge in [-0.25, -0.2) is 0 Å². The van der Waals surface area contributed by atoms with Crippen LogP contribution in [0.15, 0.2) is 10.7 Å². The molecule has 2 heterocycles. The zero-order valence-corrected chi connectivity index (χ0v) is 13.8. The predicted octanol–water partition coefficient (Wildman–Crippen LogP) is 2.49. The van der Waals surface area contributed by atoms with E-state index < -0.39 is 0 Å². The smallest absolute Gasteiger partial charge is 0.0766 e. The average Bonchev–Trinajstić information content (AvgIpc) is 3.01. The van der Waals surface area contributed by atoms with Crippen LogP contribution in [0, 0.1) is 0 Å². The van der Waals surface area contributed by atoms with E-state index in [1.165, 1.54) is 17.2 Å². The fourth-order valence-corrected chi connectivity index (χ4v) is 3.44. The van der Waals surface area contributed by atoms with Crippen molar-refractivity contribution in [3.05, 3.63) is 26.9 Å². The van der Waals surface area contributed by atoms with Gasteiger partial charge in [-0.05, 0) is 40.4 Å². The van der Waals surface area contributed by atoms with Crippen LogP contribution in [0.2, 0.25) is 0 Å². The van der Waals surface area contributed by atoms with Gasteiger partial charge in [0.25, 0.3) is 0 Å². The second kappa shape index (κ2) is 6.58. The van der Waals surface area contributed by atoms with Crippen LogP contribution in [0.1, 0.15) is 36.2 Å². The molecule has 0 aliphatic heterocycles. The van der Waals surface area contributed by atoms with E-state index in [4.69, 9.17) is 0 Å². The first-order valence-corrected chi connectivity index (χ1v) is 7.94. The van der Waals surface area contributed by atoms with Gasteiger partial charge in [0.2, 0.25) is 0 Å². The van der Waals surface area contributed by atoms with Gasteiger partial charge in [0.1, 0.15) is 0 Å². The standard InChI is InChI=1S/C12H18BrN5S/c1-4-8-12(13)10(18(3)16-8)6-9(14-5-2)11-7-15-17-19-11/h7,9,14H,4-6H2,1-3H3. The second-order valence-corrected chi connectivity index (χ2v) is 5.93. The molecule has 0 amide bonds. The molecule has 7 heteroatoms. The highest BCUT2D eigenvalue weighted by atomic mass is 79.9. The predicted molar refractivity (Wildman–Crippen MR) is 80.3 cm³/mol. The third-order valence-electron chi connectivity index (χ3n) is 3.07. The van der Waals surface area contributed by atoms with Crippen LogP contribution < -0.4 is 5.32 Å². The Hall–Kier alpha value is -0.790. The summed E-state index contributed by atoms with van der Waals surface area (Å²) in [6.45, 7) is 5.14. The number of likely N-dealkylation sites (N-methyl/N-ethyl adjacent to an activating group) is 1. The van der Waals surface area contributed by atoms with Crippen LogP contribution in [-0.4, -0.2) is 25.9 Å². The van der Waals surface area contributed by atoms with Crippen LogP contribution in [-0.2, 0) is 19.9 Å². The van der Waals surface area contributed by atoms with E-state index in [2.05, 4.69) is 49.8 Å². The molecule has 0 fully saturated rings. The van der Waals surface area contributed by atoms with Gasteiger partial charge in [-0.1, -0.05) is 18.3 Å². The lowest BCUT2D eigenvalue weighted by Crippen LogP contribution is -2.23. The van der Waals surface area contributed by atoms with Crippen LogP contribution in [0.4, 0.5) is 0 Å². The molecule has 0 spiro atoms. The Morgan fingerprint density at radius 2 is 2.26 bits per heavy atom. The Morgan fingerprint density at radius 1 is 1.47 bits per heavy atom. The maximum absolute atomic E-state index is 4.54. The quantitative estimate of drug-likeness (QED) is 0.875. The van der Waals surface area contributed by atoms with Gasteiger partial charge >= 0.3 is 0 Å². The number of hydrogen-bond donors (Lipinski definition) is 1. The lowest BCUT2D eigenvalue weighted by molar-refractivity contribution is 0.534. The molecule has 0 aliphatic carbocycles. The Bertz CT molecular complexity index is 522. The average molecular weight is 344 g/mol. The van der Waals surface area contributed by atoms with E-state index in [1.807, 2.05) is 17.9 Å². The van der Waals surface area contributed by atoms with E-state index >= 15 is 0 Å². The summed E-state index contributed by atoms with van der Waals surface area (Å²) in [4.78, 5) is 1.16. The molecule has 1 N–H and O–H groups in total. The maximum atomic E-state index is 4.54. The van der Waals surface area contributed by atoms with Crippen molar-refractivity contribution in [1.29, 1.82) is 0 Å². The minimum Gasteiger partial charge on any atom is -0.309 e. The van der Waals surface area contributed by atoms with Crippen molar-refractivity contribution >= 4 is 27.5 Å². The zero-order valence-electron chi connectivity index (χ0n) is 11.4. The SMILES string of the molecule is CCNC(Cc1c(Br)c(CC)nn1C)c1cnns1. The monoisotopic (exact) mass is 343 g/mol. The Labute approximate surface area is 125 Å². The summed E-state index contributed by atoms with van der Waals surface area (Å²) in [6, 6.07) is 0.237. The number of nitrogens with one attached hydrogen (secondary N) is 1. The molecule has 2 aromatic heterocycles. The number of hydrogen-bond acceptors (Lipinski definition) is 5. The van der Waals surface area contributed by atoms with Crippen molar-refractivity contribution in [1.82, 2.24) is 24.7 Å². The summed E-state index contributed by atoms with van der Waals surface area (Å²) >= 11 is 5.11. The summed E-state index contributed by atoms with van der Waals surface area (Å²) < 4.78 is 7.03. The highest BCUT2D eigenvalue weighted by Crippen LogP contribution is 2.27. The van der Waals surface area contributed by atoms with Crippen molar-refractivity contribution in [2.45, 2.75) is 32.7 Å². The van der Waals surface area contributed by atoms with Crippen LogP contribution >= 0.6 is 27.5 Å². The summed E-state index contributed by atoms with van der Waals surface area (Å²) in [5.74, 6) is 0. The third kappa shape index (κ3) is 3.21. The first-order valence-electron chi connectivity index (χ1n) is 6.38. The number of rotatable bonds is 6. The topological polar surface area (TPSA) is 55.6 Å². The number of aromatic nitrogens is 4. The Balaban J connectivity index is 2.24. The molecule has 0 bridgehead atoms. The van der Waals surface area contributed by atoms with Gasteiger partial charge in [0, 0.05) is 13.5 Å². The molecule has 1 unspecified atom stereocenters. The number of nitrogens with zero attached hydrogens (tertiary/aromatic N) is 4. The summed E-state index contributed by atoms with van der Waals surface area (Å²) in [6.07, 6.45) is 3.65. The second-order valence-electron chi connectivity index (χ2n) is 4.32. The lowest BCUT2D eigenvalue weighted by atomic mass is 10.1. The molecular formula is C12H18BrN5S. The fraction of sp³-hybridized carbons (Fsp3) is 0.583. The molecule has 0 radical (unpaired) electrons. The van der Waals surface area contributed by atoms with Gasteiger partial charge in [0.15, 0.2) is 0 Å². The maximum Gasteiger partial charge on any atom is 0.0766 e. The molecule has 0 aromatic carbocycles. The first-order chi connectivity index (χ1) is 9.17. The van der Waals surface area contributed by atoms with E-state index in [-0.39, 0.29) is 6.04 Å². The fourth-order valence-electron chi connectivity index (χ4n) is 2.08. The van der Waals surface area contributed by atoms with E-state index in [0.29, 0.717) is 0 Å². The largest absolute Gasteiger partial charge is 0.309 e. The van der Waals surface area contributed by atoms with Gasteiger partial charge in [-0.3, -0.25) is 4.68 Å². The van der Waals surface area contributed by atoms with Crippen molar-refractivity contribution in [3.8, 4) is 0 Å². The van der Waals surface area contributed by atoms with Crippen molar-refractivity contribution in [2.75, 3.05) is 6.54 Å². The van der Waals surface area contributed by atoms with Crippen molar-refractivity contribution in [3.63, 3.8) is 0 Å². The molecule has 5 nitrogen and oxygen atoms in total. The Kier molecular flexibility index (Phi) is 5.06. The third-order valence-corrected chi connectivity index (χ3v) is 4.76. The van der Waals surface area contributed by atoms with Gasteiger partial charge in [0.05, 0.1) is 33.0 Å². The molecular weight excluding hydrogens is 326 g/mol. The molecule has 0 aliphatic rings. The summed E-state index contributed by atoms with van der Waals surface area (Å²) in [5.41, 5.74) is 2.31. The van der Waals surface area contributed by atoms with Crippen LogP contribution in [0.3, 0.4) is 0 Å². The molecule has 1 atom stereocenters. The normalized spacial score (nSPS) is 12.8.